The molecule has 3 rings (SSSR count). The Morgan fingerprint density at radius 3 is 3.00 bits per heavy atom. The molecule has 130 valence electrons. The Labute approximate surface area is 141 Å². The average molecular weight is 350 g/mol. The first-order valence-electron chi connectivity index (χ1n) is 8.01. The number of anilines is 1. The third-order valence-electron chi connectivity index (χ3n) is 4.08. The van der Waals surface area contributed by atoms with Crippen molar-refractivity contribution in [2.75, 3.05) is 31.2 Å². The molecule has 0 bridgehead atoms. The molecule has 1 unspecified atom stereocenters. The highest BCUT2D eigenvalue weighted by atomic mass is 32.2. The Balaban J connectivity index is 1.78. The van der Waals surface area contributed by atoms with E-state index >= 15 is 0 Å². The van der Waals surface area contributed by atoms with Crippen molar-refractivity contribution in [2.45, 2.75) is 30.2 Å². The van der Waals surface area contributed by atoms with Crippen LogP contribution in [0.1, 0.15) is 24.5 Å². The van der Waals surface area contributed by atoms with Crippen LogP contribution in [0.15, 0.2) is 29.8 Å². The molecule has 0 aliphatic carbocycles. The summed E-state index contributed by atoms with van der Waals surface area (Å²) in [5.41, 5.74) is 0.616. The first-order chi connectivity index (χ1) is 11.5. The van der Waals surface area contributed by atoms with Crippen LogP contribution in [0.4, 0.5) is 5.95 Å². The van der Waals surface area contributed by atoms with Crippen LogP contribution >= 0.6 is 0 Å². The molecule has 1 saturated heterocycles. The van der Waals surface area contributed by atoms with Crippen molar-refractivity contribution >= 4 is 15.8 Å². The van der Waals surface area contributed by atoms with Crippen LogP contribution < -0.4 is 10.6 Å². The van der Waals surface area contributed by atoms with Gasteiger partial charge in [-0.25, -0.2) is 23.4 Å². The second-order valence-corrected chi connectivity index (χ2v) is 7.97. The molecule has 9 heteroatoms. The summed E-state index contributed by atoms with van der Waals surface area (Å²) in [6, 6.07) is 0. The van der Waals surface area contributed by atoms with E-state index in [-0.39, 0.29) is 10.8 Å². The predicted molar refractivity (Wildman–Crippen MR) is 90.7 cm³/mol. The molecule has 0 aromatic carbocycles. The van der Waals surface area contributed by atoms with Crippen molar-refractivity contribution in [3.8, 4) is 0 Å². The summed E-state index contributed by atoms with van der Waals surface area (Å²) in [5.74, 6) is 0.559. The standard InChI is InChI=1S/C15H22N6O2S/c1-24(22,23)13-10-19-15(18-6-8-21-7-5-17-11-21)20-14(13)12-3-2-4-16-9-12/h5,7,10-12,16H,2-4,6,8-9H2,1H3,(H,18,19,20). The van der Waals surface area contributed by atoms with Crippen molar-refractivity contribution in [1.82, 2.24) is 24.8 Å². The van der Waals surface area contributed by atoms with E-state index in [2.05, 4.69) is 25.6 Å². The Bertz CT molecular complexity index is 769. The molecule has 1 aliphatic heterocycles. The molecule has 1 fully saturated rings. The number of rotatable bonds is 6. The normalized spacial score (nSPS) is 18.5. The molecule has 0 amide bonds. The minimum absolute atomic E-state index is 0.0978. The summed E-state index contributed by atoms with van der Waals surface area (Å²) in [4.78, 5) is 12.9. The fraction of sp³-hybridized carbons (Fsp3) is 0.533. The lowest BCUT2D eigenvalue weighted by atomic mass is 9.96. The third-order valence-corrected chi connectivity index (χ3v) is 5.19. The number of hydrogen-bond donors (Lipinski definition) is 2. The Morgan fingerprint density at radius 2 is 2.33 bits per heavy atom. The predicted octanol–water partition coefficient (Wildman–Crippen LogP) is 0.656. The Hall–Kier alpha value is -2.00. The Morgan fingerprint density at radius 1 is 1.46 bits per heavy atom. The lowest BCUT2D eigenvalue weighted by Gasteiger charge is -2.24. The van der Waals surface area contributed by atoms with Crippen LogP contribution in [0, 0.1) is 0 Å². The van der Waals surface area contributed by atoms with E-state index in [1.54, 1.807) is 12.5 Å². The van der Waals surface area contributed by atoms with E-state index in [4.69, 9.17) is 0 Å². The van der Waals surface area contributed by atoms with Gasteiger partial charge in [-0.05, 0) is 19.4 Å². The van der Waals surface area contributed by atoms with Crippen molar-refractivity contribution in [2.24, 2.45) is 0 Å². The van der Waals surface area contributed by atoms with Crippen molar-refractivity contribution in [3.63, 3.8) is 0 Å². The van der Waals surface area contributed by atoms with Crippen LogP contribution in [0.3, 0.4) is 0 Å². The minimum Gasteiger partial charge on any atom is -0.352 e. The Kier molecular flexibility index (Phi) is 5.10. The van der Waals surface area contributed by atoms with Gasteiger partial charge in [0.15, 0.2) is 9.84 Å². The maximum atomic E-state index is 12.0. The number of hydrogen-bond acceptors (Lipinski definition) is 7. The number of piperidine rings is 1. The number of nitrogens with one attached hydrogen (secondary N) is 2. The van der Waals surface area contributed by atoms with Crippen LogP contribution in [-0.2, 0) is 16.4 Å². The zero-order valence-corrected chi connectivity index (χ0v) is 14.5. The van der Waals surface area contributed by atoms with Crippen molar-refractivity contribution in [1.29, 1.82) is 0 Å². The van der Waals surface area contributed by atoms with Crippen LogP contribution in [0.2, 0.25) is 0 Å². The van der Waals surface area contributed by atoms with Crippen LogP contribution in [0.25, 0.3) is 0 Å². The van der Waals surface area contributed by atoms with Gasteiger partial charge in [0.05, 0.1) is 18.2 Å². The summed E-state index contributed by atoms with van der Waals surface area (Å²) in [6.45, 7) is 3.08. The third kappa shape index (κ3) is 4.09. The van der Waals surface area contributed by atoms with Crippen molar-refractivity contribution < 1.29 is 8.42 Å². The summed E-state index contributed by atoms with van der Waals surface area (Å²) in [7, 11) is -3.35. The van der Waals surface area contributed by atoms with E-state index in [1.165, 1.54) is 12.5 Å². The van der Waals surface area contributed by atoms with Gasteiger partial charge >= 0.3 is 0 Å². The number of sulfone groups is 1. The van der Waals surface area contributed by atoms with Crippen LogP contribution in [-0.4, -0.2) is 53.8 Å². The summed E-state index contributed by atoms with van der Waals surface area (Å²) in [5, 5.41) is 6.46. The van der Waals surface area contributed by atoms with E-state index in [0.717, 1.165) is 32.5 Å². The zero-order chi connectivity index (χ0) is 17.0. The number of imidazole rings is 1. The molecule has 0 saturated carbocycles. The molecule has 1 aliphatic rings. The first-order valence-corrected chi connectivity index (χ1v) is 9.90. The average Bonchev–Trinajstić information content (AvgIpc) is 3.08. The quantitative estimate of drug-likeness (QED) is 0.789. The largest absolute Gasteiger partial charge is 0.352 e. The van der Waals surface area contributed by atoms with E-state index in [9.17, 15) is 8.42 Å². The molecule has 2 aromatic rings. The highest BCUT2D eigenvalue weighted by Crippen LogP contribution is 2.27. The summed E-state index contributed by atoms with van der Waals surface area (Å²) in [6.07, 6.45) is 9.93. The van der Waals surface area contributed by atoms with Gasteiger partial charge < -0.3 is 15.2 Å². The fourth-order valence-corrected chi connectivity index (χ4v) is 3.68. The molecule has 2 N–H and O–H groups in total. The molecule has 3 heterocycles. The zero-order valence-electron chi connectivity index (χ0n) is 13.6. The molecule has 0 spiro atoms. The van der Waals surface area contributed by atoms with Gasteiger partial charge in [0.1, 0.15) is 4.90 Å². The topological polar surface area (TPSA) is 102 Å². The molecular formula is C15H22N6O2S. The van der Waals surface area contributed by atoms with Gasteiger partial charge in [-0.1, -0.05) is 0 Å². The van der Waals surface area contributed by atoms with E-state index in [1.807, 2.05) is 10.8 Å². The van der Waals surface area contributed by atoms with Gasteiger partial charge in [-0.15, -0.1) is 0 Å². The number of aromatic nitrogens is 4. The minimum atomic E-state index is -3.35. The monoisotopic (exact) mass is 350 g/mol. The van der Waals surface area contributed by atoms with Gasteiger partial charge in [0.25, 0.3) is 0 Å². The van der Waals surface area contributed by atoms with Crippen molar-refractivity contribution in [3.05, 3.63) is 30.6 Å². The number of nitrogens with zero attached hydrogens (tertiary/aromatic N) is 4. The van der Waals surface area contributed by atoms with E-state index < -0.39 is 9.84 Å². The molecule has 24 heavy (non-hydrogen) atoms. The molecule has 2 aromatic heterocycles. The lowest BCUT2D eigenvalue weighted by molar-refractivity contribution is 0.448. The fourth-order valence-electron chi connectivity index (χ4n) is 2.85. The highest BCUT2D eigenvalue weighted by Gasteiger charge is 2.25. The van der Waals surface area contributed by atoms with Gasteiger partial charge in [-0.2, -0.15) is 0 Å². The molecule has 1 atom stereocenters. The van der Waals surface area contributed by atoms with E-state index in [0.29, 0.717) is 18.2 Å². The van der Waals surface area contributed by atoms with Gasteiger partial charge in [0, 0.05) is 44.2 Å². The molecule has 0 radical (unpaired) electrons. The second-order valence-electron chi connectivity index (χ2n) is 5.99. The highest BCUT2D eigenvalue weighted by molar-refractivity contribution is 7.90. The van der Waals surface area contributed by atoms with Gasteiger partial charge in [-0.3, -0.25) is 0 Å². The summed E-state index contributed by atoms with van der Waals surface area (Å²) < 4.78 is 26.0. The second kappa shape index (κ2) is 7.27. The maximum absolute atomic E-state index is 12.0. The molecular weight excluding hydrogens is 328 g/mol. The summed E-state index contributed by atoms with van der Waals surface area (Å²) >= 11 is 0. The SMILES string of the molecule is CS(=O)(=O)c1cnc(NCCn2ccnc2)nc1C1CCCNC1. The smallest absolute Gasteiger partial charge is 0.223 e. The maximum Gasteiger partial charge on any atom is 0.223 e. The first kappa shape index (κ1) is 16.8. The lowest BCUT2D eigenvalue weighted by Crippen LogP contribution is -2.30. The molecule has 8 nitrogen and oxygen atoms in total. The van der Waals surface area contributed by atoms with Gasteiger partial charge in [0.2, 0.25) is 5.95 Å². The van der Waals surface area contributed by atoms with Crippen LogP contribution in [0.5, 0.6) is 0 Å².